The fraction of sp³-hybridized carbons (Fsp3) is 0.500. The van der Waals surface area contributed by atoms with Crippen LogP contribution in [-0.4, -0.2) is 11.6 Å². The standard InChI is InChI=1S/C14H16Cl2O2/c1-14(2,3)18-13(17)11-7-9(11)10-6-8(15)4-5-12(10)16/h4-6,9,11H,7H2,1-3H3/t9-,11+/m1/s1. The maximum atomic E-state index is 11.9. The van der Waals surface area contributed by atoms with Crippen LogP contribution in [0.5, 0.6) is 0 Å². The van der Waals surface area contributed by atoms with Crippen LogP contribution >= 0.6 is 23.2 Å². The van der Waals surface area contributed by atoms with Gasteiger partial charge in [-0.3, -0.25) is 4.79 Å². The fourth-order valence-corrected chi connectivity index (χ4v) is 2.41. The molecule has 1 aromatic carbocycles. The third-order valence-corrected chi connectivity index (χ3v) is 3.44. The van der Waals surface area contributed by atoms with E-state index in [2.05, 4.69) is 0 Å². The summed E-state index contributed by atoms with van der Waals surface area (Å²) >= 11 is 12.1. The van der Waals surface area contributed by atoms with E-state index in [1.165, 1.54) is 0 Å². The Kier molecular flexibility index (Phi) is 3.61. The van der Waals surface area contributed by atoms with Crippen molar-refractivity contribution in [3.05, 3.63) is 33.8 Å². The number of ether oxygens (including phenoxy) is 1. The van der Waals surface area contributed by atoms with Crippen molar-refractivity contribution >= 4 is 29.2 Å². The van der Waals surface area contributed by atoms with E-state index < -0.39 is 5.60 Å². The van der Waals surface area contributed by atoms with Gasteiger partial charge in [-0.2, -0.15) is 0 Å². The highest BCUT2D eigenvalue weighted by Crippen LogP contribution is 2.51. The summed E-state index contributed by atoms with van der Waals surface area (Å²) in [6.45, 7) is 5.61. The normalized spacial score (nSPS) is 22.7. The molecular formula is C14H16Cl2O2. The Morgan fingerprint density at radius 1 is 1.33 bits per heavy atom. The average molecular weight is 287 g/mol. The Morgan fingerprint density at radius 3 is 2.61 bits per heavy atom. The van der Waals surface area contributed by atoms with E-state index in [4.69, 9.17) is 27.9 Å². The largest absolute Gasteiger partial charge is 0.460 e. The first-order chi connectivity index (χ1) is 8.28. The molecule has 1 fully saturated rings. The van der Waals surface area contributed by atoms with Crippen molar-refractivity contribution in [3.63, 3.8) is 0 Å². The lowest BCUT2D eigenvalue weighted by atomic mass is 10.1. The Labute approximate surface area is 117 Å². The van der Waals surface area contributed by atoms with Gasteiger partial charge in [-0.15, -0.1) is 0 Å². The van der Waals surface area contributed by atoms with Crippen LogP contribution in [0.1, 0.15) is 38.7 Å². The van der Waals surface area contributed by atoms with Crippen molar-refractivity contribution in [3.8, 4) is 0 Å². The van der Waals surface area contributed by atoms with Crippen LogP contribution in [0.25, 0.3) is 0 Å². The number of hydrogen-bond donors (Lipinski definition) is 0. The Bertz CT molecular complexity index is 477. The molecule has 2 nitrogen and oxygen atoms in total. The monoisotopic (exact) mass is 286 g/mol. The van der Waals surface area contributed by atoms with Gasteiger partial charge in [0.1, 0.15) is 5.60 Å². The lowest BCUT2D eigenvalue weighted by Gasteiger charge is -2.19. The van der Waals surface area contributed by atoms with Gasteiger partial charge >= 0.3 is 5.97 Å². The summed E-state index contributed by atoms with van der Waals surface area (Å²) < 4.78 is 5.37. The number of carbonyl (C=O) groups is 1. The highest BCUT2D eigenvalue weighted by Gasteiger charge is 2.47. The number of rotatable bonds is 2. The topological polar surface area (TPSA) is 26.3 Å². The van der Waals surface area contributed by atoms with E-state index in [0.29, 0.717) is 10.0 Å². The Balaban J connectivity index is 2.07. The first-order valence-corrected chi connectivity index (χ1v) is 6.71. The molecule has 18 heavy (non-hydrogen) atoms. The maximum absolute atomic E-state index is 11.9. The zero-order valence-electron chi connectivity index (χ0n) is 10.7. The first kappa shape index (κ1) is 13.7. The predicted octanol–water partition coefficient (Wildman–Crippen LogP) is 4.44. The molecule has 0 spiro atoms. The van der Waals surface area contributed by atoms with E-state index in [1.807, 2.05) is 26.8 Å². The Morgan fingerprint density at radius 2 is 2.00 bits per heavy atom. The summed E-state index contributed by atoms with van der Waals surface area (Å²) in [5.41, 5.74) is 0.502. The lowest BCUT2D eigenvalue weighted by molar-refractivity contribution is -0.156. The summed E-state index contributed by atoms with van der Waals surface area (Å²) in [6, 6.07) is 5.35. The van der Waals surface area contributed by atoms with Crippen molar-refractivity contribution < 1.29 is 9.53 Å². The van der Waals surface area contributed by atoms with E-state index >= 15 is 0 Å². The van der Waals surface area contributed by atoms with Gasteiger partial charge in [-0.05, 0) is 56.9 Å². The van der Waals surface area contributed by atoms with Crippen molar-refractivity contribution in [1.82, 2.24) is 0 Å². The second kappa shape index (κ2) is 4.75. The van der Waals surface area contributed by atoms with E-state index in [1.54, 1.807) is 12.1 Å². The molecule has 1 aromatic rings. The quantitative estimate of drug-likeness (QED) is 0.752. The Hall–Kier alpha value is -0.730. The molecule has 0 aliphatic heterocycles. The summed E-state index contributed by atoms with van der Waals surface area (Å²) in [6.07, 6.45) is 0.787. The summed E-state index contributed by atoms with van der Waals surface area (Å²) in [5.74, 6) is -0.0882. The molecule has 0 heterocycles. The predicted molar refractivity (Wildman–Crippen MR) is 73.2 cm³/mol. The van der Waals surface area contributed by atoms with Gasteiger partial charge in [0.2, 0.25) is 0 Å². The van der Waals surface area contributed by atoms with Gasteiger partial charge in [0.15, 0.2) is 0 Å². The van der Waals surface area contributed by atoms with Crippen LogP contribution in [-0.2, 0) is 9.53 Å². The van der Waals surface area contributed by atoms with Gasteiger partial charge in [0.25, 0.3) is 0 Å². The third kappa shape index (κ3) is 3.18. The van der Waals surface area contributed by atoms with Gasteiger partial charge in [-0.1, -0.05) is 23.2 Å². The SMILES string of the molecule is CC(C)(C)OC(=O)[C@H]1C[C@@H]1c1cc(Cl)ccc1Cl. The molecule has 0 unspecified atom stereocenters. The average Bonchev–Trinajstić information content (AvgIpc) is 2.99. The summed E-state index contributed by atoms with van der Waals surface area (Å²) in [4.78, 5) is 11.9. The van der Waals surface area contributed by atoms with Gasteiger partial charge < -0.3 is 4.74 Å². The van der Waals surface area contributed by atoms with Crippen molar-refractivity contribution in [2.24, 2.45) is 5.92 Å². The van der Waals surface area contributed by atoms with Crippen molar-refractivity contribution in [2.75, 3.05) is 0 Å². The number of benzene rings is 1. The molecule has 2 atom stereocenters. The number of esters is 1. The number of halogens is 2. The van der Waals surface area contributed by atoms with Gasteiger partial charge in [0, 0.05) is 10.0 Å². The fourth-order valence-electron chi connectivity index (χ4n) is 1.98. The highest BCUT2D eigenvalue weighted by atomic mass is 35.5. The molecule has 0 saturated heterocycles. The minimum Gasteiger partial charge on any atom is -0.460 e. The zero-order chi connectivity index (χ0) is 13.5. The number of carbonyl (C=O) groups excluding carboxylic acids is 1. The highest BCUT2D eigenvalue weighted by molar-refractivity contribution is 6.33. The van der Waals surface area contributed by atoms with E-state index in [0.717, 1.165) is 12.0 Å². The molecule has 0 amide bonds. The molecular weight excluding hydrogens is 271 g/mol. The smallest absolute Gasteiger partial charge is 0.310 e. The van der Waals surface area contributed by atoms with Crippen LogP contribution in [0.3, 0.4) is 0 Å². The first-order valence-electron chi connectivity index (χ1n) is 5.96. The molecule has 0 aromatic heterocycles. The lowest BCUT2D eigenvalue weighted by Crippen LogP contribution is -2.25. The van der Waals surface area contributed by atoms with Crippen LogP contribution < -0.4 is 0 Å². The summed E-state index contributed by atoms with van der Waals surface area (Å²) in [5, 5.41) is 1.31. The van der Waals surface area contributed by atoms with E-state index in [9.17, 15) is 4.79 Å². The molecule has 0 radical (unpaired) electrons. The molecule has 4 heteroatoms. The van der Waals surface area contributed by atoms with Crippen molar-refractivity contribution in [2.45, 2.75) is 38.7 Å². The zero-order valence-corrected chi connectivity index (χ0v) is 12.2. The molecule has 2 rings (SSSR count). The minimum atomic E-state index is -0.442. The summed E-state index contributed by atoms with van der Waals surface area (Å²) in [7, 11) is 0. The van der Waals surface area contributed by atoms with Gasteiger partial charge in [0.05, 0.1) is 5.92 Å². The van der Waals surface area contributed by atoms with Crippen LogP contribution in [0.4, 0.5) is 0 Å². The van der Waals surface area contributed by atoms with Crippen LogP contribution in [0.2, 0.25) is 10.0 Å². The third-order valence-electron chi connectivity index (χ3n) is 2.86. The van der Waals surface area contributed by atoms with Crippen molar-refractivity contribution in [1.29, 1.82) is 0 Å². The molecule has 1 aliphatic rings. The second-order valence-corrected chi connectivity index (χ2v) is 6.49. The molecule has 1 aliphatic carbocycles. The number of hydrogen-bond acceptors (Lipinski definition) is 2. The molecule has 0 N–H and O–H groups in total. The molecule has 0 bridgehead atoms. The van der Waals surface area contributed by atoms with Crippen LogP contribution in [0.15, 0.2) is 18.2 Å². The maximum Gasteiger partial charge on any atom is 0.310 e. The molecule has 98 valence electrons. The second-order valence-electron chi connectivity index (χ2n) is 5.65. The molecule has 1 saturated carbocycles. The van der Waals surface area contributed by atoms with E-state index in [-0.39, 0.29) is 17.8 Å². The van der Waals surface area contributed by atoms with Gasteiger partial charge in [-0.25, -0.2) is 0 Å². The van der Waals surface area contributed by atoms with Crippen LogP contribution in [0, 0.1) is 5.92 Å². The minimum absolute atomic E-state index is 0.0832.